The minimum atomic E-state index is 0.471. The van der Waals surface area contributed by atoms with Crippen LogP contribution in [0.25, 0.3) is 0 Å². The number of methoxy groups -OCH3 is 1. The molecular weight excluding hydrogens is 244 g/mol. The van der Waals surface area contributed by atoms with Crippen LogP contribution in [0.1, 0.15) is 32.6 Å². The van der Waals surface area contributed by atoms with Crippen molar-refractivity contribution in [2.75, 3.05) is 31.7 Å². The van der Waals surface area contributed by atoms with E-state index in [4.69, 9.17) is 9.15 Å². The minimum absolute atomic E-state index is 0.471. The highest BCUT2D eigenvalue weighted by Gasteiger charge is 2.26. The molecule has 108 valence electrons. The van der Waals surface area contributed by atoms with Crippen molar-refractivity contribution in [2.24, 2.45) is 5.92 Å². The van der Waals surface area contributed by atoms with Gasteiger partial charge in [-0.25, -0.2) is 0 Å². The second-order valence-corrected chi connectivity index (χ2v) is 5.32. The summed E-state index contributed by atoms with van der Waals surface area (Å²) in [6.07, 6.45) is 2.37. The molecule has 2 rings (SSSR count). The molecule has 1 aliphatic rings. The number of rotatable bonds is 6. The number of hydrogen-bond acceptors (Lipinski definition) is 6. The molecule has 1 aliphatic heterocycles. The summed E-state index contributed by atoms with van der Waals surface area (Å²) in [5, 5.41) is 11.4. The largest absolute Gasteiger partial charge is 0.407 e. The van der Waals surface area contributed by atoms with E-state index in [9.17, 15) is 0 Å². The summed E-state index contributed by atoms with van der Waals surface area (Å²) in [7, 11) is 1.69. The zero-order valence-corrected chi connectivity index (χ0v) is 12.1. The van der Waals surface area contributed by atoms with E-state index in [1.165, 1.54) is 12.8 Å². The van der Waals surface area contributed by atoms with Crippen LogP contribution in [-0.4, -0.2) is 43.0 Å². The fourth-order valence-corrected chi connectivity index (χ4v) is 2.49. The van der Waals surface area contributed by atoms with Gasteiger partial charge in [0, 0.05) is 26.2 Å². The highest BCUT2D eigenvalue weighted by atomic mass is 16.5. The van der Waals surface area contributed by atoms with Crippen molar-refractivity contribution in [2.45, 2.75) is 39.3 Å². The number of nitrogens with zero attached hydrogens (tertiary/aromatic N) is 3. The molecule has 19 heavy (non-hydrogen) atoms. The molecule has 0 aromatic carbocycles. The fraction of sp³-hybridized carbons (Fsp3) is 0.846. The summed E-state index contributed by atoms with van der Waals surface area (Å²) in [4.78, 5) is 2.21. The molecule has 6 nitrogen and oxygen atoms in total. The van der Waals surface area contributed by atoms with E-state index in [2.05, 4.69) is 34.3 Å². The average molecular weight is 268 g/mol. The topological polar surface area (TPSA) is 63.4 Å². The molecule has 1 N–H and O–H groups in total. The van der Waals surface area contributed by atoms with E-state index in [0.717, 1.165) is 19.0 Å². The lowest BCUT2D eigenvalue weighted by Crippen LogP contribution is -2.40. The van der Waals surface area contributed by atoms with Crippen LogP contribution in [0.15, 0.2) is 4.42 Å². The zero-order chi connectivity index (χ0) is 13.7. The van der Waals surface area contributed by atoms with Crippen LogP contribution in [0.2, 0.25) is 0 Å². The van der Waals surface area contributed by atoms with Gasteiger partial charge in [0.05, 0.1) is 13.2 Å². The third-order valence-electron chi connectivity index (χ3n) is 3.60. The van der Waals surface area contributed by atoms with Crippen molar-refractivity contribution in [1.29, 1.82) is 0 Å². The number of anilines is 1. The van der Waals surface area contributed by atoms with E-state index in [-0.39, 0.29) is 0 Å². The Morgan fingerprint density at radius 1 is 1.42 bits per heavy atom. The van der Waals surface area contributed by atoms with Crippen molar-refractivity contribution >= 4 is 6.01 Å². The Labute approximate surface area is 114 Å². The third kappa shape index (κ3) is 3.91. The summed E-state index contributed by atoms with van der Waals surface area (Å²) < 4.78 is 10.7. The lowest BCUT2D eigenvalue weighted by Gasteiger charge is -2.34. The maximum absolute atomic E-state index is 5.71. The molecule has 6 heteroatoms. The highest BCUT2D eigenvalue weighted by Crippen LogP contribution is 2.26. The SMILES string of the molecule is COCCNCc1nnc(N2CCC(C)CC2C)o1. The number of hydrogen-bond donors (Lipinski definition) is 1. The molecule has 1 aromatic heterocycles. The second-order valence-electron chi connectivity index (χ2n) is 5.32. The maximum Gasteiger partial charge on any atom is 0.318 e. The predicted molar refractivity (Wildman–Crippen MR) is 73.1 cm³/mol. The number of nitrogens with one attached hydrogen (secondary N) is 1. The zero-order valence-electron chi connectivity index (χ0n) is 12.1. The molecule has 2 atom stereocenters. The number of piperidine rings is 1. The van der Waals surface area contributed by atoms with Gasteiger partial charge in [-0.15, -0.1) is 5.10 Å². The van der Waals surface area contributed by atoms with Gasteiger partial charge in [-0.05, 0) is 25.7 Å². The molecule has 0 saturated carbocycles. The summed E-state index contributed by atoms with van der Waals surface area (Å²) >= 11 is 0. The molecule has 1 saturated heterocycles. The first-order chi connectivity index (χ1) is 9.20. The van der Waals surface area contributed by atoms with Crippen LogP contribution >= 0.6 is 0 Å². The van der Waals surface area contributed by atoms with Crippen LogP contribution in [0.5, 0.6) is 0 Å². The first kappa shape index (κ1) is 14.3. The Kier molecular flexibility index (Phi) is 5.15. The Morgan fingerprint density at radius 3 is 3.00 bits per heavy atom. The lowest BCUT2D eigenvalue weighted by molar-refractivity contribution is 0.198. The van der Waals surface area contributed by atoms with Gasteiger partial charge in [-0.2, -0.15) is 0 Å². The second kappa shape index (κ2) is 6.86. The Balaban J connectivity index is 1.86. The summed E-state index contributed by atoms with van der Waals surface area (Å²) in [6.45, 7) is 7.58. The Bertz CT molecular complexity index is 382. The number of ether oxygens (including phenoxy) is 1. The average Bonchev–Trinajstić information content (AvgIpc) is 2.83. The number of aromatic nitrogens is 2. The van der Waals surface area contributed by atoms with Crippen molar-refractivity contribution in [3.8, 4) is 0 Å². The van der Waals surface area contributed by atoms with Gasteiger partial charge >= 0.3 is 6.01 Å². The molecular formula is C13H24N4O2. The summed E-state index contributed by atoms with van der Waals surface area (Å²) in [5.41, 5.74) is 0. The van der Waals surface area contributed by atoms with E-state index in [1.54, 1.807) is 7.11 Å². The highest BCUT2D eigenvalue weighted by molar-refractivity contribution is 5.27. The van der Waals surface area contributed by atoms with Crippen LogP contribution < -0.4 is 10.2 Å². The van der Waals surface area contributed by atoms with Gasteiger partial charge in [0.1, 0.15) is 0 Å². The van der Waals surface area contributed by atoms with E-state index < -0.39 is 0 Å². The van der Waals surface area contributed by atoms with Crippen molar-refractivity contribution in [3.05, 3.63) is 5.89 Å². The molecule has 2 unspecified atom stereocenters. The van der Waals surface area contributed by atoms with Gasteiger partial charge in [-0.3, -0.25) is 0 Å². The van der Waals surface area contributed by atoms with Crippen molar-refractivity contribution < 1.29 is 9.15 Å². The smallest absolute Gasteiger partial charge is 0.318 e. The van der Waals surface area contributed by atoms with Gasteiger partial charge in [0.25, 0.3) is 0 Å². The molecule has 0 amide bonds. The van der Waals surface area contributed by atoms with Crippen LogP contribution in [-0.2, 0) is 11.3 Å². The lowest BCUT2D eigenvalue weighted by atomic mass is 9.94. The summed E-state index contributed by atoms with van der Waals surface area (Å²) in [6, 6.07) is 1.13. The van der Waals surface area contributed by atoms with Gasteiger partial charge < -0.3 is 19.4 Å². The fourth-order valence-electron chi connectivity index (χ4n) is 2.49. The maximum atomic E-state index is 5.71. The molecule has 1 fully saturated rings. The molecule has 0 bridgehead atoms. The first-order valence-electron chi connectivity index (χ1n) is 6.99. The summed E-state index contributed by atoms with van der Waals surface area (Å²) in [5.74, 6) is 1.42. The van der Waals surface area contributed by atoms with Gasteiger partial charge in [0.2, 0.25) is 5.89 Å². The Morgan fingerprint density at radius 2 is 2.26 bits per heavy atom. The van der Waals surface area contributed by atoms with E-state index >= 15 is 0 Å². The first-order valence-corrected chi connectivity index (χ1v) is 6.99. The van der Waals surface area contributed by atoms with Gasteiger partial charge in [-0.1, -0.05) is 12.0 Å². The third-order valence-corrected chi connectivity index (χ3v) is 3.60. The normalized spacial score (nSPS) is 23.8. The molecule has 1 aromatic rings. The van der Waals surface area contributed by atoms with Crippen molar-refractivity contribution in [3.63, 3.8) is 0 Å². The predicted octanol–water partition coefficient (Wildman–Crippen LogP) is 1.43. The molecule has 2 heterocycles. The van der Waals surface area contributed by atoms with Crippen LogP contribution in [0.3, 0.4) is 0 Å². The van der Waals surface area contributed by atoms with Crippen LogP contribution in [0.4, 0.5) is 6.01 Å². The standard InChI is InChI=1S/C13H24N4O2/c1-10-4-6-17(11(2)8-10)13-16-15-12(19-13)9-14-5-7-18-3/h10-11,14H,4-9H2,1-3H3. The van der Waals surface area contributed by atoms with E-state index in [1.807, 2.05) is 0 Å². The molecule has 0 spiro atoms. The van der Waals surface area contributed by atoms with Gasteiger partial charge in [0.15, 0.2) is 0 Å². The Hall–Kier alpha value is -1.14. The quantitative estimate of drug-likeness (QED) is 0.787. The molecule has 0 aliphatic carbocycles. The monoisotopic (exact) mass is 268 g/mol. The van der Waals surface area contributed by atoms with Crippen LogP contribution in [0, 0.1) is 5.92 Å². The minimum Gasteiger partial charge on any atom is -0.407 e. The van der Waals surface area contributed by atoms with E-state index in [0.29, 0.717) is 31.1 Å². The van der Waals surface area contributed by atoms with Crippen molar-refractivity contribution in [1.82, 2.24) is 15.5 Å². The molecule has 0 radical (unpaired) electrons.